The summed E-state index contributed by atoms with van der Waals surface area (Å²) in [7, 11) is 0. The maximum atomic E-state index is 12.3. The summed E-state index contributed by atoms with van der Waals surface area (Å²) in [5.74, 6) is -2.97. The number of aromatic carboxylic acids is 1. The van der Waals surface area contributed by atoms with Gasteiger partial charge in [0.2, 0.25) is 0 Å². The van der Waals surface area contributed by atoms with Crippen LogP contribution < -0.4 is 4.74 Å². The minimum absolute atomic E-state index is 0.0279. The molecule has 1 aliphatic heterocycles. The van der Waals surface area contributed by atoms with E-state index in [1.807, 2.05) is 0 Å². The van der Waals surface area contributed by atoms with Crippen molar-refractivity contribution in [2.24, 2.45) is 0 Å². The molecule has 1 atom stereocenters. The van der Waals surface area contributed by atoms with E-state index in [1.54, 1.807) is 0 Å². The summed E-state index contributed by atoms with van der Waals surface area (Å²) in [6, 6.07) is 3.94. The summed E-state index contributed by atoms with van der Waals surface area (Å²) in [4.78, 5) is 22.7. The maximum Gasteiger partial charge on any atom is 0.471 e. The number of amides is 1. The molecule has 1 N–H and O–H groups in total. The molecule has 9 heteroatoms. The van der Waals surface area contributed by atoms with Crippen LogP contribution in [0.5, 0.6) is 5.75 Å². The van der Waals surface area contributed by atoms with Gasteiger partial charge in [0.1, 0.15) is 11.9 Å². The Hall–Kier alpha value is -1.96. The number of likely N-dealkylation sites (tertiary alicyclic amines) is 1. The van der Waals surface area contributed by atoms with Gasteiger partial charge < -0.3 is 14.7 Å². The van der Waals surface area contributed by atoms with Gasteiger partial charge in [-0.1, -0.05) is 11.6 Å². The Morgan fingerprint density at radius 3 is 2.64 bits per heavy atom. The van der Waals surface area contributed by atoms with Gasteiger partial charge in [0, 0.05) is 13.0 Å². The summed E-state index contributed by atoms with van der Waals surface area (Å²) >= 11 is 5.71. The smallest absolute Gasteiger partial charge is 0.471 e. The van der Waals surface area contributed by atoms with Crippen LogP contribution in [0.1, 0.15) is 16.8 Å². The first-order valence-electron chi connectivity index (χ1n) is 6.24. The van der Waals surface area contributed by atoms with Crippen molar-refractivity contribution >= 4 is 23.5 Å². The normalized spacial score (nSPS) is 18.4. The van der Waals surface area contributed by atoms with E-state index in [2.05, 4.69) is 0 Å². The molecule has 1 aromatic carbocycles. The zero-order valence-corrected chi connectivity index (χ0v) is 11.8. The van der Waals surface area contributed by atoms with Crippen LogP contribution >= 0.6 is 11.6 Å². The van der Waals surface area contributed by atoms with Gasteiger partial charge in [0.05, 0.1) is 17.1 Å². The monoisotopic (exact) mass is 337 g/mol. The number of carbonyl (C=O) groups excluding carboxylic acids is 1. The Kier molecular flexibility index (Phi) is 4.50. The third-order valence-electron chi connectivity index (χ3n) is 3.15. The third-order valence-corrected chi connectivity index (χ3v) is 3.48. The van der Waals surface area contributed by atoms with Crippen LogP contribution in [0.15, 0.2) is 18.2 Å². The Morgan fingerprint density at radius 2 is 2.05 bits per heavy atom. The Morgan fingerprint density at radius 1 is 1.36 bits per heavy atom. The minimum atomic E-state index is -4.91. The fourth-order valence-electron chi connectivity index (χ4n) is 2.12. The van der Waals surface area contributed by atoms with Crippen LogP contribution in [0.25, 0.3) is 0 Å². The highest BCUT2D eigenvalue weighted by molar-refractivity contribution is 6.33. The van der Waals surface area contributed by atoms with Crippen LogP contribution in [-0.4, -0.2) is 47.3 Å². The van der Waals surface area contributed by atoms with Crippen molar-refractivity contribution in [1.29, 1.82) is 0 Å². The summed E-state index contributed by atoms with van der Waals surface area (Å²) in [5.41, 5.74) is -0.166. The molecular formula is C13H11ClF3NO4. The van der Waals surface area contributed by atoms with Gasteiger partial charge in [-0.15, -0.1) is 0 Å². The lowest BCUT2D eigenvalue weighted by Crippen LogP contribution is -2.40. The summed E-state index contributed by atoms with van der Waals surface area (Å²) < 4.78 is 42.4. The molecule has 1 amide bonds. The van der Waals surface area contributed by atoms with Gasteiger partial charge in [0.15, 0.2) is 0 Å². The number of halogens is 4. The van der Waals surface area contributed by atoms with Crippen molar-refractivity contribution in [3.05, 3.63) is 28.8 Å². The van der Waals surface area contributed by atoms with Crippen molar-refractivity contribution in [1.82, 2.24) is 4.90 Å². The van der Waals surface area contributed by atoms with Gasteiger partial charge in [-0.05, 0) is 18.2 Å². The van der Waals surface area contributed by atoms with Crippen molar-refractivity contribution < 1.29 is 32.6 Å². The van der Waals surface area contributed by atoms with E-state index in [-0.39, 0.29) is 35.8 Å². The summed E-state index contributed by atoms with van der Waals surface area (Å²) in [5, 5.41) is 8.97. The number of hydrogen-bond acceptors (Lipinski definition) is 3. The van der Waals surface area contributed by atoms with Crippen LogP contribution in [0.4, 0.5) is 13.2 Å². The second-order valence-corrected chi connectivity index (χ2v) is 5.13. The van der Waals surface area contributed by atoms with Gasteiger partial charge in [0.25, 0.3) is 0 Å². The van der Waals surface area contributed by atoms with E-state index in [0.717, 1.165) is 0 Å². The Bertz CT molecular complexity index is 605. The largest absolute Gasteiger partial charge is 0.488 e. The standard InChI is InChI=1S/C13H11ClF3NO4/c14-10-2-1-7(5-9(10)11(19)20)22-8-3-4-18(6-8)12(21)13(15,16)17/h1-2,5,8H,3-4,6H2,(H,19,20). The highest BCUT2D eigenvalue weighted by Crippen LogP contribution is 2.26. The number of carboxylic acid groups (broad SMARTS) is 1. The zero-order valence-electron chi connectivity index (χ0n) is 11.1. The topological polar surface area (TPSA) is 66.8 Å². The average Bonchev–Trinajstić information content (AvgIpc) is 2.87. The first-order chi connectivity index (χ1) is 10.2. The number of benzene rings is 1. The quantitative estimate of drug-likeness (QED) is 0.920. The molecule has 0 radical (unpaired) electrons. The number of carbonyl (C=O) groups is 2. The van der Waals surface area contributed by atoms with Crippen molar-refractivity contribution in [3.63, 3.8) is 0 Å². The van der Waals surface area contributed by atoms with Gasteiger partial charge in [-0.25, -0.2) is 4.79 Å². The highest BCUT2D eigenvalue weighted by atomic mass is 35.5. The number of nitrogens with zero attached hydrogens (tertiary/aromatic N) is 1. The van der Waals surface area contributed by atoms with Crippen LogP contribution in [0.2, 0.25) is 5.02 Å². The molecule has 0 aliphatic carbocycles. The van der Waals surface area contributed by atoms with Crippen molar-refractivity contribution in [2.45, 2.75) is 18.7 Å². The maximum absolute atomic E-state index is 12.3. The molecule has 120 valence electrons. The Labute approximate surface area is 128 Å². The lowest BCUT2D eigenvalue weighted by Gasteiger charge is -2.18. The molecule has 1 aromatic rings. The van der Waals surface area contributed by atoms with Gasteiger partial charge in [-0.2, -0.15) is 13.2 Å². The zero-order chi connectivity index (χ0) is 16.5. The van der Waals surface area contributed by atoms with E-state index in [0.29, 0.717) is 4.90 Å². The summed E-state index contributed by atoms with van der Waals surface area (Å²) in [6.07, 6.45) is -5.31. The lowest BCUT2D eigenvalue weighted by atomic mass is 10.2. The van der Waals surface area contributed by atoms with E-state index in [4.69, 9.17) is 21.4 Å². The third kappa shape index (κ3) is 3.62. The number of alkyl halides is 3. The molecule has 1 aliphatic rings. The predicted molar refractivity (Wildman–Crippen MR) is 70.1 cm³/mol. The second-order valence-electron chi connectivity index (χ2n) is 4.72. The van der Waals surface area contributed by atoms with E-state index >= 15 is 0 Å². The molecule has 1 fully saturated rings. The first-order valence-corrected chi connectivity index (χ1v) is 6.62. The molecular weight excluding hydrogens is 327 g/mol. The van der Waals surface area contributed by atoms with Gasteiger partial charge >= 0.3 is 18.1 Å². The van der Waals surface area contributed by atoms with Crippen molar-refractivity contribution in [3.8, 4) is 5.75 Å². The molecule has 1 heterocycles. The van der Waals surface area contributed by atoms with Crippen molar-refractivity contribution in [2.75, 3.05) is 13.1 Å². The minimum Gasteiger partial charge on any atom is -0.488 e. The molecule has 0 spiro atoms. The van der Waals surface area contributed by atoms with Crippen LogP contribution in [0, 0.1) is 0 Å². The number of ether oxygens (including phenoxy) is 1. The molecule has 5 nitrogen and oxygen atoms in total. The van der Waals surface area contributed by atoms with E-state index < -0.39 is 24.2 Å². The fraction of sp³-hybridized carbons (Fsp3) is 0.385. The molecule has 0 aromatic heterocycles. The molecule has 0 bridgehead atoms. The van der Waals surface area contributed by atoms with Crippen LogP contribution in [-0.2, 0) is 4.79 Å². The average molecular weight is 338 g/mol. The number of carboxylic acids is 1. The first kappa shape index (κ1) is 16.4. The predicted octanol–water partition coefficient (Wildman–Crippen LogP) is 2.58. The fourth-order valence-corrected chi connectivity index (χ4v) is 2.32. The highest BCUT2D eigenvalue weighted by Gasteiger charge is 2.44. The molecule has 2 rings (SSSR count). The molecule has 1 saturated heterocycles. The van der Waals surface area contributed by atoms with Gasteiger partial charge in [-0.3, -0.25) is 4.79 Å². The Balaban J connectivity index is 2.03. The SMILES string of the molecule is O=C(O)c1cc(OC2CCN(C(=O)C(F)(F)F)C2)ccc1Cl. The summed E-state index contributed by atoms with van der Waals surface area (Å²) in [6.45, 7) is -0.272. The second kappa shape index (κ2) is 6.04. The van der Waals surface area contributed by atoms with E-state index in [9.17, 15) is 22.8 Å². The number of rotatable bonds is 3. The lowest BCUT2D eigenvalue weighted by molar-refractivity contribution is -0.184. The molecule has 22 heavy (non-hydrogen) atoms. The number of hydrogen-bond donors (Lipinski definition) is 1. The van der Waals surface area contributed by atoms with E-state index in [1.165, 1.54) is 18.2 Å². The van der Waals surface area contributed by atoms with Crippen LogP contribution in [0.3, 0.4) is 0 Å². The molecule has 1 unspecified atom stereocenters. The molecule has 0 saturated carbocycles.